The van der Waals surface area contributed by atoms with Crippen LogP contribution in [0.2, 0.25) is 0 Å². The highest BCUT2D eigenvalue weighted by Crippen LogP contribution is 2.09. The van der Waals surface area contributed by atoms with Gasteiger partial charge in [-0.2, -0.15) is 10.2 Å². The van der Waals surface area contributed by atoms with Crippen LogP contribution in [0.1, 0.15) is 35.7 Å². The normalized spacial score (nSPS) is 12.4. The highest BCUT2D eigenvalue weighted by atomic mass is 16.2. The van der Waals surface area contributed by atoms with Gasteiger partial charge in [0, 0.05) is 17.9 Å². The molecule has 0 saturated heterocycles. The van der Waals surface area contributed by atoms with Gasteiger partial charge in [-0.1, -0.05) is 0 Å². The number of carbonyl (C=O) groups excluding carboxylic acids is 1. The summed E-state index contributed by atoms with van der Waals surface area (Å²) in [5, 5.41) is 11.7. The Balaban J connectivity index is 1.89. The Morgan fingerprint density at radius 2 is 1.76 bits per heavy atom. The van der Waals surface area contributed by atoms with Crippen molar-refractivity contribution in [2.75, 3.05) is 6.54 Å². The fourth-order valence-electron chi connectivity index (χ4n) is 2.47. The van der Waals surface area contributed by atoms with E-state index in [0.717, 1.165) is 22.8 Å². The Labute approximate surface area is 125 Å². The van der Waals surface area contributed by atoms with Gasteiger partial charge in [-0.15, -0.1) is 0 Å². The minimum absolute atomic E-state index is 0.0328. The number of rotatable bonds is 5. The lowest BCUT2D eigenvalue weighted by molar-refractivity contribution is -0.122. The lowest BCUT2D eigenvalue weighted by Crippen LogP contribution is -2.33. The zero-order valence-electron chi connectivity index (χ0n) is 13.3. The monoisotopic (exact) mass is 289 g/mol. The minimum atomic E-state index is -0.0328. The second kappa shape index (κ2) is 6.11. The van der Waals surface area contributed by atoms with E-state index in [0.29, 0.717) is 6.54 Å². The summed E-state index contributed by atoms with van der Waals surface area (Å²) < 4.78 is 3.66. The Hall–Kier alpha value is -2.11. The van der Waals surface area contributed by atoms with Gasteiger partial charge in [0.2, 0.25) is 5.91 Å². The lowest BCUT2D eigenvalue weighted by Gasteiger charge is -2.15. The summed E-state index contributed by atoms with van der Waals surface area (Å²) >= 11 is 0. The van der Waals surface area contributed by atoms with E-state index in [1.807, 2.05) is 51.4 Å². The third-order valence-corrected chi connectivity index (χ3v) is 3.45. The van der Waals surface area contributed by atoms with Crippen molar-refractivity contribution in [2.24, 2.45) is 0 Å². The largest absolute Gasteiger partial charge is 0.352 e. The standard InChI is InChI=1S/C15H23N5O/c1-10-6-12(3)19(17-10)9-15(21)16-8-14(5)20-13(4)7-11(2)18-20/h6-7,14H,8-9H2,1-5H3,(H,16,21)/t14-/m1/s1. The fourth-order valence-corrected chi connectivity index (χ4v) is 2.47. The number of hydrogen-bond donors (Lipinski definition) is 1. The molecule has 0 saturated carbocycles. The molecular formula is C15H23N5O. The summed E-state index contributed by atoms with van der Waals surface area (Å²) in [5.74, 6) is -0.0328. The third kappa shape index (κ3) is 3.71. The molecule has 114 valence electrons. The van der Waals surface area contributed by atoms with Gasteiger partial charge < -0.3 is 5.32 Å². The predicted molar refractivity (Wildman–Crippen MR) is 81.1 cm³/mol. The molecule has 21 heavy (non-hydrogen) atoms. The lowest BCUT2D eigenvalue weighted by atomic mass is 10.3. The van der Waals surface area contributed by atoms with Gasteiger partial charge in [-0.25, -0.2) is 0 Å². The van der Waals surface area contributed by atoms with Crippen LogP contribution in [0.25, 0.3) is 0 Å². The zero-order chi connectivity index (χ0) is 15.6. The molecule has 2 heterocycles. The number of nitrogens with one attached hydrogen (secondary N) is 1. The van der Waals surface area contributed by atoms with Crippen molar-refractivity contribution in [1.82, 2.24) is 24.9 Å². The molecule has 1 N–H and O–H groups in total. The molecule has 0 aliphatic heterocycles. The SMILES string of the molecule is Cc1cc(C)n(CC(=O)NC[C@@H](C)n2nc(C)cc2C)n1. The molecule has 2 aromatic heterocycles. The molecule has 0 radical (unpaired) electrons. The zero-order valence-corrected chi connectivity index (χ0v) is 13.3. The number of carbonyl (C=O) groups is 1. The summed E-state index contributed by atoms with van der Waals surface area (Å²) in [5.41, 5.74) is 4.02. The summed E-state index contributed by atoms with van der Waals surface area (Å²) in [6.45, 7) is 10.7. The van der Waals surface area contributed by atoms with Gasteiger partial charge in [0.15, 0.2) is 0 Å². The highest BCUT2D eigenvalue weighted by Gasteiger charge is 2.12. The molecule has 1 amide bonds. The van der Waals surface area contributed by atoms with Gasteiger partial charge in [0.1, 0.15) is 6.54 Å². The maximum atomic E-state index is 12.0. The van der Waals surface area contributed by atoms with Crippen molar-refractivity contribution < 1.29 is 4.79 Å². The number of hydrogen-bond acceptors (Lipinski definition) is 3. The van der Waals surface area contributed by atoms with E-state index in [9.17, 15) is 4.79 Å². The topological polar surface area (TPSA) is 64.7 Å². The first-order valence-corrected chi connectivity index (χ1v) is 7.17. The second-order valence-corrected chi connectivity index (χ2v) is 5.61. The third-order valence-electron chi connectivity index (χ3n) is 3.45. The van der Waals surface area contributed by atoms with Crippen LogP contribution in [0.4, 0.5) is 0 Å². The van der Waals surface area contributed by atoms with E-state index >= 15 is 0 Å². The van der Waals surface area contributed by atoms with Crippen LogP contribution in [0, 0.1) is 27.7 Å². The molecule has 0 aliphatic carbocycles. The van der Waals surface area contributed by atoms with Gasteiger partial charge in [0.25, 0.3) is 0 Å². The Kier molecular flexibility index (Phi) is 4.45. The van der Waals surface area contributed by atoms with Crippen molar-refractivity contribution in [3.63, 3.8) is 0 Å². The average molecular weight is 289 g/mol. The van der Waals surface area contributed by atoms with E-state index in [-0.39, 0.29) is 18.5 Å². The smallest absolute Gasteiger partial charge is 0.241 e. The summed E-state index contributed by atoms with van der Waals surface area (Å²) in [7, 11) is 0. The van der Waals surface area contributed by atoms with Crippen molar-refractivity contribution in [2.45, 2.75) is 47.2 Å². The van der Waals surface area contributed by atoms with E-state index < -0.39 is 0 Å². The Morgan fingerprint density at radius 3 is 2.29 bits per heavy atom. The van der Waals surface area contributed by atoms with Crippen LogP contribution in [0.3, 0.4) is 0 Å². The van der Waals surface area contributed by atoms with Crippen molar-refractivity contribution in [1.29, 1.82) is 0 Å². The Morgan fingerprint density at radius 1 is 1.14 bits per heavy atom. The number of aromatic nitrogens is 4. The number of amides is 1. The van der Waals surface area contributed by atoms with Crippen LogP contribution in [0.5, 0.6) is 0 Å². The molecule has 1 atom stereocenters. The fraction of sp³-hybridized carbons (Fsp3) is 0.533. The molecule has 0 aromatic carbocycles. The molecule has 6 nitrogen and oxygen atoms in total. The van der Waals surface area contributed by atoms with Crippen molar-refractivity contribution >= 4 is 5.91 Å². The molecule has 2 rings (SSSR count). The molecule has 0 spiro atoms. The first-order chi connectivity index (χ1) is 9.86. The van der Waals surface area contributed by atoms with E-state index in [1.165, 1.54) is 0 Å². The molecular weight excluding hydrogens is 266 g/mol. The number of nitrogens with zero attached hydrogens (tertiary/aromatic N) is 4. The summed E-state index contributed by atoms with van der Waals surface area (Å²) in [6, 6.07) is 4.13. The van der Waals surface area contributed by atoms with E-state index in [2.05, 4.69) is 15.5 Å². The van der Waals surface area contributed by atoms with E-state index in [4.69, 9.17) is 0 Å². The molecule has 0 bridgehead atoms. The van der Waals surface area contributed by atoms with E-state index in [1.54, 1.807) is 4.68 Å². The van der Waals surface area contributed by atoms with Gasteiger partial charge >= 0.3 is 0 Å². The molecule has 2 aromatic rings. The second-order valence-electron chi connectivity index (χ2n) is 5.61. The summed E-state index contributed by atoms with van der Waals surface area (Å²) in [4.78, 5) is 12.0. The molecule has 0 aliphatic rings. The minimum Gasteiger partial charge on any atom is -0.352 e. The first-order valence-electron chi connectivity index (χ1n) is 7.17. The van der Waals surface area contributed by atoms with Gasteiger partial charge in [-0.05, 0) is 46.8 Å². The molecule has 0 unspecified atom stereocenters. The molecule has 6 heteroatoms. The predicted octanol–water partition coefficient (Wildman–Crippen LogP) is 1.69. The maximum absolute atomic E-state index is 12.0. The van der Waals surface area contributed by atoms with Crippen LogP contribution < -0.4 is 5.32 Å². The number of aryl methyl sites for hydroxylation is 4. The maximum Gasteiger partial charge on any atom is 0.241 e. The van der Waals surface area contributed by atoms with Crippen LogP contribution in [-0.4, -0.2) is 32.0 Å². The van der Waals surface area contributed by atoms with Crippen molar-refractivity contribution in [3.05, 3.63) is 34.9 Å². The highest BCUT2D eigenvalue weighted by molar-refractivity contribution is 5.75. The van der Waals surface area contributed by atoms with Crippen molar-refractivity contribution in [3.8, 4) is 0 Å². The average Bonchev–Trinajstić information content (AvgIpc) is 2.89. The van der Waals surface area contributed by atoms with Crippen LogP contribution in [0.15, 0.2) is 12.1 Å². The molecule has 0 fully saturated rings. The quantitative estimate of drug-likeness (QED) is 0.911. The summed E-state index contributed by atoms with van der Waals surface area (Å²) in [6.07, 6.45) is 0. The van der Waals surface area contributed by atoms with Gasteiger partial charge in [-0.3, -0.25) is 14.2 Å². The van der Waals surface area contributed by atoms with Crippen LogP contribution in [-0.2, 0) is 11.3 Å². The Bertz CT molecular complexity index is 641. The first kappa shape index (κ1) is 15.3. The van der Waals surface area contributed by atoms with Gasteiger partial charge in [0.05, 0.1) is 17.4 Å². The van der Waals surface area contributed by atoms with Crippen LogP contribution >= 0.6 is 0 Å².